The Morgan fingerprint density at radius 1 is 0.529 bits per heavy atom. The summed E-state index contributed by atoms with van der Waals surface area (Å²) in [7, 11) is 0. The average Bonchev–Trinajstić information content (AvgIpc) is 2.85. The van der Waals surface area contributed by atoms with Gasteiger partial charge in [0.2, 0.25) is 0 Å². The standard InChI is InChI=1S/C30H22O4/c31-29(32)21-11-9-19-13-17-5-1-3-7-23(17)27(25(19)15-21)28-24-8-4-2-6-18(24)14-20-10-12-22(30(33)34)16-26(20)28/h1-12,15-16,27-28H,13-14H2,(H,31,32)(H,33,34)/t27-,28-/m1/s1. The van der Waals surface area contributed by atoms with E-state index in [9.17, 15) is 19.8 Å². The molecular weight excluding hydrogens is 424 g/mol. The van der Waals surface area contributed by atoms with Crippen LogP contribution in [0.5, 0.6) is 0 Å². The van der Waals surface area contributed by atoms with Crippen LogP contribution in [-0.2, 0) is 12.8 Å². The highest BCUT2D eigenvalue weighted by Crippen LogP contribution is 2.51. The van der Waals surface area contributed by atoms with Crippen LogP contribution in [0.25, 0.3) is 0 Å². The van der Waals surface area contributed by atoms with Gasteiger partial charge in [-0.15, -0.1) is 0 Å². The Hall–Kier alpha value is -4.18. The summed E-state index contributed by atoms with van der Waals surface area (Å²) in [6, 6.07) is 27.5. The van der Waals surface area contributed by atoms with E-state index in [1.165, 1.54) is 22.3 Å². The molecule has 4 heteroatoms. The van der Waals surface area contributed by atoms with Gasteiger partial charge in [-0.2, -0.15) is 0 Å². The third-order valence-electron chi connectivity index (χ3n) is 7.33. The van der Waals surface area contributed by atoms with Crippen molar-refractivity contribution < 1.29 is 19.8 Å². The van der Waals surface area contributed by atoms with Gasteiger partial charge in [-0.1, -0.05) is 60.7 Å². The molecule has 0 aromatic heterocycles. The van der Waals surface area contributed by atoms with Crippen molar-refractivity contribution >= 4 is 11.9 Å². The van der Waals surface area contributed by atoms with Gasteiger partial charge in [-0.05, 0) is 81.6 Å². The molecule has 4 aromatic carbocycles. The molecule has 4 nitrogen and oxygen atoms in total. The molecule has 0 radical (unpaired) electrons. The van der Waals surface area contributed by atoms with Gasteiger partial charge in [0.15, 0.2) is 0 Å². The van der Waals surface area contributed by atoms with Gasteiger partial charge in [0.25, 0.3) is 0 Å². The van der Waals surface area contributed by atoms with Gasteiger partial charge in [0.1, 0.15) is 0 Å². The molecule has 0 fully saturated rings. The van der Waals surface area contributed by atoms with E-state index in [1.807, 2.05) is 48.5 Å². The monoisotopic (exact) mass is 446 g/mol. The average molecular weight is 447 g/mol. The van der Waals surface area contributed by atoms with Crippen molar-refractivity contribution in [3.8, 4) is 0 Å². The zero-order valence-electron chi connectivity index (χ0n) is 18.4. The van der Waals surface area contributed by atoms with Crippen LogP contribution < -0.4 is 0 Å². The summed E-state index contributed by atoms with van der Waals surface area (Å²) in [4.78, 5) is 23.7. The Morgan fingerprint density at radius 3 is 1.32 bits per heavy atom. The molecule has 0 heterocycles. The molecule has 2 aliphatic carbocycles. The summed E-state index contributed by atoms with van der Waals surface area (Å²) in [6.07, 6.45) is 1.50. The molecule has 0 aliphatic heterocycles. The maximum atomic E-state index is 11.9. The first-order chi connectivity index (χ1) is 16.5. The highest BCUT2D eigenvalue weighted by atomic mass is 16.4. The van der Waals surface area contributed by atoms with E-state index in [-0.39, 0.29) is 23.0 Å². The van der Waals surface area contributed by atoms with Gasteiger partial charge in [0.05, 0.1) is 11.1 Å². The molecule has 0 unspecified atom stereocenters. The predicted octanol–water partition coefficient (Wildman–Crippen LogP) is 5.86. The van der Waals surface area contributed by atoms with Crippen LogP contribution in [0.3, 0.4) is 0 Å². The minimum Gasteiger partial charge on any atom is -0.478 e. The minimum atomic E-state index is -0.946. The minimum absolute atomic E-state index is 0.122. The fourth-order valence-corrected chi connectivity index (χ4v) is 5.82. The Kier molecular flexibility index (Phi) is 4.63. The highest BCUT2D eigenvalue weighted by molar-refractivity contribution is 5.89. The first kappa shape index (κ1) is 20.4. The third kappa shape index (κ3) is 3.14. The van der Waals surface area contributed by atoms with Crippen molar-refractivity contribution in [1.82, 2.24) is 0 Å². The maximum absolute atomic E-state index is 11.9. The second kappa shape index (κ2) is 7.70. The molecular formula is C30H22O4. The zero-order valence-corrected chi connectivity index (χ0v) is 18.4. The van der Waals surface area contributed by atoms with E-state index in [0.717, 1.165) is 35.1 Å². The molecule has 0 bridgehead atoms. The first-order valence-electron chi connectivity index (χ1n) is 11.4. The number of rotatable bonds is 3. The Bertz CT molecular complexity index is 1370. The largest absolute Gasteiger partial charge is 0.478 e. The number of carbonyl (C=O) groups is 2. The number of hydrogen-bond acceptors (Lipinski definition) is 2. The van der Waals surface area contributed by atoms with Crippen molar-refractivity contribution in [2.75, 3.05) is 0 Å². The van der Waals surface area contributed by atoms with Crippen LogP contribution in [0, 0.1) is 0 Å². The van der Waals surface area contributed by atoms with E-state index in [1.54, 1.807) is 12.1 Å². The Balaban J connectivity index is 1.66. The van der Waals surface area contributed by atoms with E-state index >= 15 is 0 Å². The molecule has 0 amide bonds. The van der Waals surface area contributed by atoms with Gasteiger partial charge in [0, 0.05) is 11.8 Å². The summed E-state index contributed by atoms with van der Waals surface area (Å²) in [5.41, 5.74) is 9.58. The first-order valence-corrected chi connectivity index (χ1v) is 11.4. The van der Waals surface area contributed by atoms with Gasteiger partial charge < -0.3 is 10.2 Å². The number of carboxylic acid groups (broad SMARTS) is 2. The topological polar surface area (TPSA) is 74.6 Å². The van der Waals surface area contributed by atoms with Crippen LogP contribution in [0.1, 0.15) is 77.1 Å². The molecule has 2 N–H and O–H groups in total. The smallest absolute Gasteiger partial charge is 0.335 e. The number of fused-ring (bicyclic) bond motifs is 4. The van der Waals surface area contributed by atoms with Crippen LogP contribution in [0.15, 0.2) is 84.9 Å². The molecule has 0 spiro atoms. The molecule has 0 saturated carbocycles. The lowest BCUT2D eigenvalue weighted by molar-refractivity contribution is 0.0686. The normalized spacial score (nSPS) is 17.6. The molecule has 6 rings (SSSR count). The van der Waals surface area contributed by atoms with E-state index in [4.69, 9.17) is 0 Å². The van der Waals surface area contributed by atoms with Crippen LogP contribution >= 0.6 is 0 Å². The van der Waals surface area contributed by atoms with Crippen molar-refractivity contribution in [2.24, 2.45) is 0 Å². The molecule has 2 aliphatic rings. The fraction of sp³-hybridized carbons (Fsp3) is 0.133. The van der Waals surface area contributed by atoms with Gasteiger partial charge in [-0.3, -0.25) is 0 Å². The van der Waals surface area contributed by atoms with Crippen molar-refractivity contribution in [3.05, 3.63) is 141 Å². The Labute approximate surface area is 197 Å². The van der Waals surface area contributed by atoms with Crippen molar-refractivity contribution in [1.29, 1.82) is 0 Å². The van der Waals surface area contributed by atoms with Crippen LogP contribution in [-0.4, -0.2) is 22.2 Å². The van der Waals surface area contributed by atoms with E-state index in [0.29, 0.717) is 0 Å². The maximum Gasteiger partial charge on any atom is 0.335 e. The van der Waals surface area contributed by atoms with Crippen molar-refractivity contribution in [2.45, 2.75) is 24.7 Å². The highest BCUT2D eigenvalue weighted by Gasteiger charge is 2.38. The van der Waals surface area contributed by atoms with Crippen molar-refractivity contribution in [3.63, 3.8) is 0 Å². The molecule has 4 aromatic rings. The fourth-order valence-electron chi connectivity index (χ4n) is 5.82. The second-order valence-corrected chi connectivity index (χ2v) is 9.14. The summed E-state index contributed by atoms with van der Waals surface area (Å²) < 4.78 is 0. The van der Waals surface area contributed by atoms with Gasteiger partial charge in [-0.25, -0.2) is 9.59 Å². The number of aromatic carboxylic acids is 2. The second-order valence-electron chi connectivity index (χ2n) is 9.14. The number of benzene rings is 4. The lowest BCUT2D eigenvalue weighted by Gasteiger charge is -2.39. The van der Waals surface area contributed by atoms with Gasteiger partial charge >= 0.3 is 11.9 Å². The van der Waals surface area contributed by atoms with Crippen LogP contribution in [0.2, 0.25) is 0 Å². The zero-order chi connectivity index (χ0) is 23.4. The quantitative estimate of drug-likeness (QED) is 0.414. The van der Waals surface area contributed by atoms with E-state index in [2.05, 4.69) is 24.3 Å². The molecule has 166 valence electrons. The summed E-state index contributed by atoms with van der Waals surface area (Å²) in [6.45, 7) is 0. The summed E-state index contributed by atoms with van der Waals surface area (Å²) >= 11 is 0. The number of carboxylic acids is 2. The summed E-state index contributed by atoms with van der Waals surface area (Å²) in [5.74, 6) is -2.14. The van der Waals surface area contributed by atoms with E-state index < -0.39 is 11.9 Å². The SMILES string of the molecule is O=C(O)c1ccc2c(c1)[C@H]([C@@H]1c3ccccc3Cc3ccc(C(=O)O)cc31)c1ccccc1C2. The molecule has 2 atom stereocenters. The third-order valence-corrected chi connectivity index (χ3v) is 7.33. The number of hydrogen-bond donors (Lipinski definition) is 2. The lowest BCUT2D eigenvalue weighted by atomic mass is 9.64. The lowest BCUT2D eigenvalue weighted by Crippen LogP contribution is -2.26. The summed E-state index contributed by atoms with van der Waals surface area (Å²) in [5, 5.41) is 19.5. The molecule has 34 heavy (non-hydrogen) atoms. The Morgan fingerprint density at radius 2 is 0.912 bits per heavy atom. The molecule has 0 saturated heterocycles. The predicted molar refractivity (Wildman–Crippen MR) is 129 cm³/mol. The van der Waals surface area contributed by atoms with Crippen LogP contribution in [0.4, 0.5) is 0 Å².